The van der Waals surface area contributed by atoms with E-state index in [0.29, 0.717) is 0 Å². The van der Waals surface area contributed by atoms with Crippen LogP contribution in [0.2, 0.25) is 0 Å². The van der Waals surface area contributed by atoms with Gasteiger partial charge in [-0.3, -0.25) is 4.79 Å². The number of nitrogens with one attached hydrogen (secondary N) is 2. The summed E-state index contributed by atoms with van der Waals surface area (Å²) in [6, 6.07) is 8.37. The monoisotopic (exact) mass is 258 g/mol. The minimum absolute atomic E-state index is 0.0971. The lowest BCUT2D eigenvalue weighted by Crippen LogP contribution is -2.41. The summed E-state index contributed by atoms with van der Waals surface area (Å²) in [7, 11) is 0. The summed E-state index contributed by atoms with van der Waals surface area (Å²) in [6.45, 7) is 7.84. The summed E-state index contributed by atoms with van der Waals surface area (Å²) in [4.78, 5) is 15.2. The maximum absolute atomic E-state index is 11.9. The summed E-state index contributed by atoms with van der Waals surface area (Å²) in [5, 5.41) is 4.31. The number of carbonyl (C=O) groups excluding carboxylic acids is 1. The first kappa shape index (κ1) is 13.7. The van der Waals surface area contributed by atoms with Gasteiger partial charge >= 0.3 is 0 Å². The van der Waals surface area contributed by atoms with Crippen LogP contribution in [0.5, 0.6) is 0 Å². The van der Waals surface area contributed by atoms with E-state index in [-0.39, 0.29) is 17.4 Å². The van der Waals surface area contributed by atoms with E-state index in [1.165, 1.54) is 10.9 Å². The van der Waals surface area contributed by atoms with E-state index in [1.807, 2.05) is 46.0 Å². The number of carbonyl (C=O) groups is 1. The third-order valence-corrected chi connectivity index (χ3v) is 3.26. The molecule has 1 aromatic carbocycles. The van der Waals surface area contributed by atoms with Gasteiger partial charge in [0.15, 0.2) is 0 Å². The number of hydrogen-bond donors (Lipinski definition) is 2. The van der Waals surface area contributed by atoms with E-state index in [2.05, 4.69) is 22.4 Å². The van der Waals surface area contributed by atoms with Crippen molar-refractivity contribution in [3.63, 3.8) is 0 Å². The van der Waals surface area contributed by atoms with Gasteiger partial charge in [0, 0.05) is 28.6 Å². The Hall–Kier alpha value is -1.77. The number of H-pyrrole nitrogens is 1. The highest BCUT2D eigenvalue weighted by atomic mass is 16.2. The predicted octanol–water partition coefficient (Wildman–Crippen LogP) is 3.26. The maximum Gasteiger partial charge on any atom is 0.225 e. The number of para-hydroxylation sites is 1. The fraction of sp³-hybridized carbons (Fsp3) is 0.438. The van der Waals surface area contributed by atoms with Gasteiger partial charge in [0.05, 0.1) is 0 Å². The lowest BCUT2D eigenvalue weighted by molar-refractivity contribution is -0.129. The highest BCUT2D eigenvalue weighted by Gasteiger charge is 2.22. The molecule has 0 aliphatic heterocycles. The molecule has 19 heavy (non-hydrogen) atoms. The van der Waals surface area contributed by atoms with Crippen molar-refractivity contribution in [3.8, 4) is 0 Å². The molecule has 1 heterocycles. The quantitative estimate of drug-likeness (QED) is 0.872. The number of amides is 1. The topological polar surface area (TPSA) is 44.9 Å². The fourth-order valence-electron chi connectivity index (χ4n) is 2.12. The van der Waals surface area contributed by atoms with E-state index in [4.69, 9.17) is 0 Å². The van der Waals surface area contributed by atoms with Crippen LogP contribution in [-0.4, -0.2) is 16.9 Å². The third-order valence-electron chi connectivity index (χ3n) is 3.26. The molecule has 2 aromatic rings. The lowest BCUT2D eigenvalue weighted by Gasteiger charge is -2.21. The molecule has 2 rings (SSSR count). The fourth-order valence-corrected chi connectivity index (χ4v) is 2.12. The van der Waals surface area contributed by atoms with Crippen LogP contribution in [0.15, 0.2) is 30.5 Å². The number of aromatic nitrogens is 1. The van der Waals surface area contributed by atoms with E-state index >= 15 is 0 Å². The first-order chi connectivity index (χ1) is 8.88. The van der Waals surface area contributed by atoms with Gasteiger partial charge in [-0.05, 0) is 25.0 Å². The summed E-state index contributed by atoms with van der Waals surface area (Å²) in [6.07, 6.45) is 2.87. The second kappa shape index (κ2) is 5.08. The predicted molar refractivity (Wildman–Crippen MR) is 79.1 cm³/mol. The SMILES string of the molecule is CC(Cc1c[nH]c2ccccc12)NC(=O)C(C)(C)C. The van der Waals surface area contributed by atoms with Gasteiger partial charge in [-0.2, -0.15) is 0 Å². The molecule has 0 fully saturated rings. The number of benzene rings is 1. The van der Waals surface area contributed by atoms with Gasteiger partial charge in [0.1, 0.15) is 0 Å². The van der Waals surface area contributed by atoms with Gasteiger partial charge < -0.3 is 10.3 Å². The van der Waals surface area contributed by atoms with Crippen LogP contribution in [-0.2, 0) is 11.2 Å². The van der Waals surface area contributed by atoms with Crippen molar-refractivity contribution in [2.75, 3.05) is 0 Å². The lowest BCUT2D eigenvalue weighted by atomic mass is 9.95. The summed E-state index contributed by atoms with van der Waals surface area (Å²) >= 11 is 0. The average molecular weight is 258 g/mol. The van der Waals surface area contributed by atoms with Crippen LogP contribution in [0.1, 0.15) is 33.3 Å². The standard InChI is InChI=1S/C16H22N2O/c1-11(18-15(19)16(2,3)4)9-12-10-17-14-8-6-5-7-13(12)14/h5-8,10-11,17H,9H2,1-4H3,(H,18,19). The van der Waals surface area contributed by atoms with Crippen molar-refractivity contribution >= 4 is 16.8 Å². The zero-order chi connectivity index (χ0) is 14.0. The minimum atomic E-state index is -0.339. The molecular weight excluding hydrogens is 236 g/mol. The van der Waals surface area contributed by atoms with Crippen molar-refractivity contribution in [3.05, 3.63) is 36.0 Å². The van der Waals surface area contributed by atoms with E-state index < -0.39 is 0 Å². The molecule has 0 saturated carbocycles. The van der Waals surface area contributed by atoms with Gasteiger partial charge in [0.2, 0.25) is 5.91 Å². The van der Waals surface area contributed by atoms with Gasteiger partial charge in [0.25, 0.3) is 0 Å². The molecule has 3 nitrogen and oxygen atoms in total. The Balaban J connectivity index is 2.07. The molecular formula is C16H22N2O. The molecule has 3 heteroatoms. The van der Waals surface area contributed by atoms with E-state index in [0.717, 1.165) is 11.9 Å². The first-order valence-electron chi connectivity index (χ1n) is 6.74. The number of aromatic amines is 1. The van der Waals surface area contributed by atoms with Gasteiger partial charge in [-0.25, -0.2) is 0 Å². The maximum atomic E-state index is 11.9. The molecule has 0 saturated heterocycles. The van der Waals surface area contributed by atoms with Crippen molar-refractivity contribution in [2.24, 2.45) is 5.41 Å². The molecule has 0 aliphatic rings. The first-order valence-corrected chi connectivity index (χ1v) is 6.74. The Morgan fingerprint density at radius 2 is 2.00 bits per heavy atom. The normalized spacial score (nSPS) is 13.5. The second-order valence-electron chi connectivity index (χ2n) is 6.19. The Morgan fingerprint density at radius 3 is 2.68 bits per heavy atom. The highest BCUT2D eigenvalue weighted by Crippen LogP contribution is 2.19. The van der Waals surface area contributed by atoms with Crippen molar-refractivity contribution < 1.29 is 4.79 Å². The molecule has 0 radical (unpaired) electrons. The van der Waals surface area contributed by atoms with Crippen LogP contribution < -0.4 is 5.32 Å². The second-order valence-corrected chi connectivity index (χ2v) is 6.19. The molecule has 1 amide bonds. The van der Waals surface area contributed by atoms with E-state index in [9.17, 15) is 4.79 Å². The zero-order valence-corrected chi connectivity index (χ0v) is 12.1. The van der Waals surface area contributed by atoms with Crippen LogP contribution in [0, 0.1) is 5.41 Å². The minimum Gasteiger partial charge on any atom is -0.361 e. The molecule has 1 atom stereocenters. The van der Waals surface area contributed by atoms with Crippen molar-refractivity contribution in [1.82, 2.24) is 10.3 Å². The van der Waals surface area contributed by atoms with Crippen molar-refractivity contribution in [2.45, 2.75) is 40.2 Å². The molecule has 0 aliphatic carbocycles. The number of fused-ring (bicyclic) bond motifs is 1. The summed E-state index contributed by atoms with van der Waals surface area (Å²) in [5.74, 6) is 0.0971. The van der Waals surface area contributed by atoms with Crippen LogP contribution >= 0.6 is 0 Å². The molecule has 1 unspecified atom stereocenters. The largest absolute Gasteiger partial charge is 0.361 e. The van der Waals surface area contributed by atoms with Crippen LogP contribution in [0.3, 0.4) is 0 Å². The highest BCUT2D eigenvalue weighted by molar-refractivity contribution is 5.84. The average Bonchev–Trinajstić information content (AvgIpc) is 2.71. The molecule has 2 N–H and O–H groups in total. The Morgan fingerprint density at radius 1 is 1.32 bits per heavy atom. The summed E-state index contributed by atoms with van der Waals surface area (Å²) in [5.41, 5.74) is 2.05. The molecule has 0 bridgehead atoms. The third kappa shape index (κ3) is 3.16. The number of rotatable bonds is 3. The number of hydrogen-bond acceptors (Lipinski definition) is 1. The van der Waals surface area contributed by atoms with Crippen LogP contribution in [0.25, 0.3) is 10.9 Å². The van der Waals surface area contributed by atoms with Gasteiger partial charge in [-0.1, -0.05) is 39.0 Å². The molecule has 1 aromatic heterocycles. The van der Waals surface area contributed by atoms with E-state index in [1.54, 1.807) is 0 Å². The van der Waals surface area contributed by atoms with Crippen LogP contribution in [0.4, 0.5) is 0 Å². The summed E-state index contributed by atoms with van der Waals surface area (Å²) < 4.78 is 0. The van der Waals surface area contributed by atoms with Crippen molar-refractivity contribution in [1.29, 1.82) is 0 Å². The molecule has 0 spiro atoms. The Kier molecular flexibility index (Phi) is 3.65. The Labute approximate surface area is 114 Å². The van der Waals surface area contributed by atoms with Gasteiger partial charge in [-0.15, -0.1) is 0 Å². The smallest absolute Gasteiger partial charge is 0.225 e. The Bertz CT molecular complexity index is 578. The molecule has 102 valence electrons. The zero-order valence-electron chi connectivity index (χ0n) is 12.1.